The highest BCUT2D eigenvalue weighted by Gasteiger charge is 2.42. The van der Waals surface area contributed by atoms with Crippen molar-refractivity contribution in [3.05, 3.63) is 59.3 Å². The van der Waals surface area contributed by atoms with Crippen molar-refractivity contribution >= 4 is 58.4 Å². The van der Waals surface area contributed by atoms with E-state index in [1.807, 2.05) is 24.3 Å². The maximum absolute atomic E-state index is 13.5. The van der Waals surface area contributed by atoms with Gasteiger partial charge in [-0.15, -0.1) is 0 Å². The third-order valence-electron chi connectivity index (χ3n) is 14.4. The van der Waals surface area contributed by atoms with Gasteiger partial charge in [0.1, 0.15) is 23.5 Å². The highest BCUT2D eigenvalue weighted by molar-refractivity contribution is 6.06. The van der Waals surface area contributed by atoms with Crippen LogP contribution in [0, 0.1) is 0 Å². The van der Waals surface area contributed by atoms with Gasteiger partial charge in [-0.3, -0.25) is 39.1 Å². The van der Waals surface area contributed by atoms with Crippen molar-refractivity contribution in [1.29, 1.82) is 0 Å². The number of anilines is 5. The predicted octanol–water partition coefficient (Wildman–Crippen LogP) is 4.26. The molecule has 4 fully saturated rings. The minimum absolute atomic E-state index is 0.0739. The second-order valence-electron chi connectivity index (χ2n) is 18.1. The lowest BCUT2D eigenvalue weighted by atomic mass is 9.89. The molecule has 17 heteroatoms. The summed E-state index contributed by atoms with van der Waals surface area (Å²) in [6.07, 6.45) is 11.3. The number of likely N-dealkylation sites (N-methyl/N-ethyl adjacent to an activating group) is 1. The average Bonchev–Trinajstić information content (AvgIpc) is 3.96. The van der Waals surface area contributed by atoms with E-state index in [9.17, 15) is 24.0 Å². The van der Waals surface area contributed by atoms with Gasteiger partial charge in [0.2, 0.25) is 23.7 Å². The number of amides is 5. The summed E-state index contributed by atoms with van der Waals surface area (Å²) in [7, 11) is 3.38. The number of carbonyl (C=O) groups excluding carboxylic acids is 5. The van der Waals surface area contributed by atoms with Gasteiger partial charge in [-0.05, 0) is 81.7 Å². The van der Waals surface area contributed by atoms with Crippen molar-refractivity contribution in [3.63, 3.8) is 0 Å². The van der Waals surface area contributed by atoms with E-state index in [-0.39, 0.29) is 48.2 Å². The zero-order valence-corrected chi connectivity index (χ0v) is 37.2. The van der Waals surface area contributed by atoms with Crippen LogP contribution in [0.3, 0.4) is 0 Å². The monoisotopic (exact) mass is 875 g/mol. The summed E-state index contributed by atoms with van der Waals surface area (Å²) in [6, 6.07) is 11.1. The van der Waals surface area contributed by atoms with Crippen LogP contribution in [-0.4, -0.2) is 138 Å². The maximum Gasteiger partial charge on any atom is 0.255 e. The van der Waals surface area contributed by atoms with Gasteiger partial charge in [-0.25, -0.2) is 4.98 Å². The van der Waals surface area contributed by atoms with Gasteiger partial charge in [0.05, 0.1) is 19.0 Å². The third kappa shape index (κ3) is 8.71. The lowest BCUT2D eigenvalue weighted by Gasteiger charge is -2.43. The van der Waals surface area contributed by atoms with E-state index < -0.39 is 11.9 Å². The predicted molar refractivity (Wildman–Crippen MR) is 243 cm³/mol. The smallest absolute Gasteiger partial charge is 0.255 e. The fraction of sp³-hybridized carbons (Fsp3) is 0.553. The number of nitrogens with one attached hydrogen (secondary N) is 4. The molecule has 2 aliphatic carbocycles. The van der Waals surface area contributed by atoms with Gasteiger partial charge < -0.3 is 35.4 Å². The molecule has 5 heterocycles. The van der Waals surface area contributed by atoms with Crippen LogP contribution in [0.5, 0.6) is 5.75 Å². The Hall–Kier alpha value is -5.81. The fourth-order valence-electron chi connectivity index (χ4n) is 10.8. The minimum Gasteiger partial charge on any atom is -0.495 e. The maximum atomic E-state index is 13.5. The van der Waals surface area contributed by atoms with E-state index in [1.165, 1.54) is 0 Å². The van der Waals surface area contributed by atoms with E-state index in [4.69, 9.17) is 9.72 Å². The van der Waals surface area contributed by atoms with E-state index in [0.29, 0.717) is 59.6 Å². The quantitative estimate of drug-likeness (QED) is 0.179. The Kier molecular flexibility index (Phi) is 12.7. The first-order valence-electron chi connectivity index (χ1n) is 23.3. The Morgan fingerprint density at radius 1 is 0.922 bits per heavy atom. The number of fused-ring (bicyclic) bond motifs is 2. The number of ether oxygens (including phenoxy) is 1. The topological polar surface area (TPSA) is 185 Å². The number of hydrogen-bond donors (Lipinski definition) is 4. The summed E-state index contributed by atoms with van der Waals surface area (Å²) in [5, 5.41) is 12.5. The van der Waals surface area contributed by atoms with Crippen molar-refractivity contribution in [2.75, 3.05) is 73.9 Å². The largest absolute Gasteiger partial charge is 0.495 e. The lowest BCUT2D eigenvalue weighted by Crippen LogP contribution is -2.55. The number of benzene rings is 2. The molecule has 0 radical (unpaired) electrons. The molecule has 0 spiro atoms. The molecule has 4 aliphatic heterocycles. The van der Waals surface area contributed by atoms with E-state index in [2.05, 4.69) is 47.9 Å². The Bertz CT molecular complexity index is 2270. The molecule has 4 N–H and O–H groups in total. The zero-order chi connectivity index (χ0) is 44.5. The van der Waals surface area contributed by atoms with Gasteiger partial charge in [-0.1, -0.05) is 25.8 Å². The highest BCUT2D eigenvalue weighted by atomic mass is 16.5. The molecule has 3 aromatic rings. The Labute approximate surface area is 374 Å². The number of carbonyl (C=O) groups is 5. The molecule has 17 nitrogen and oxygen atoms in total. The molecule has 9 rings (SSSR count). The SMILES string of the molecule is CC[C@@H]1C(=O)N(C)c2cnc(Nc3ccc(C(=O)NC4CCC(N5CCN(CCNc6cccc7c6CN(C6CCC(=O)NC6=O)C7=O)CC5)CC4)cc3OC)nc2N1C1CCCC1. The fourth-order valence-corrected chi connectivity index (χ4v) is 10.8. The van der Waals surface area contributed by atoms with Gasteiger partial charge in [0, 0.05) is 99.8 Å². The molecule has 0 bridgehead atoms. The van der Waals surface area contributed by atoms with Crippen molar-refractivity contribution in [3.8, 4) is 5.75 Å². The van der Waals surface area contributed by atoms with E-state index in [1.54, 1.807) is 42.3 Å². The number of piperazine rings is 1. The number of imide groups is 1. The van der Waals surface area contributed by atoms with Crippen LogP contribution >= 0.6 is 0 Å². The third-order valence-corrected chi connectivity index (χ3v) is 14.4. The summed E-state index contributed by atoms with van der Waals surface area (Å²) >= 11 is 0. The number of piperidine rings is 1. The van der Waals surface area contributed by atoms with Crippen molar-refractivity contribution in [2.45, 2.75) is 114 Å². The standard InChI is InChI=1S/C47H61N11O6/c1-4-37-46(63)54(2)39-27-49-47(53-42(39)58(37)32-8-5-6-9-32)51-36-17-12-29(26-40(36)64-3)43(60)50-30-13-15-31(16-14-30)56-24-22-55(23-25-56)21-20-48-35-11-7-10-33-34(35)28-57(45(33)62)38-18-19-41(59)52-44(38)61/h7,10-12,17,26-27,30-32,37-38,48H,4-6,8-9,13-16,18-25,28H2,1-3H3,(H,50,60)(H,49,51,53)(H,52,59,61)/t30?,31?,37-,38?/m1/s1. The molecule has 6 aliphatic rings. The van der Waals surface area contributed by atoms with Crippen LogP contribution in [0.25, 0.3) is 0 Å². The highest BCUT2D eigenvalue weighted by Crippen LogP contribution is 2.41. The molecule has 1 unspecified atom stereocenters. The molecule has 1 aromatic heterocycles. The molecule has 340 valence electrons. The number of nitrogens with zero attached hydrogens (tertiary/aromatic N) is 7. The minimum atomic E-state index is -0.627. The molecule has 2 aromatic carbocycles. The van der Waals surface area contributed by atoms with Crippen LogP contribution in [0.1, 0.15) is 104 Å². The summed E-state index contributed by atoms with van der Waals surface area (Å²) in [5.74, 6) is 0.784. The molecular formula is C47H61N11O6. The van der Waals surface area contributed by atoms with Crippen molar-refractivity contribution in [1.82, 2.24) is 35.3 Å². The Balaban J connectivity index is 0.728. The van der Waals surface area contributed by atoms with Crippen LogP contribution in [-0.2, 0) is 20.9 Å². The number of rotatable bonds is 13. The summed E-state index contributed by atoms with van der Waals surface area (Å²) in [6.45, 7) is 7.99. The van der Waals surface area contributed by atoms with Gasteiger partial charge in [0.15, 0.2) is 5.82 Å². The van der Waals surface area contributed by atoms with Crippen LogP contribution in [0.15, 0.2) is 42.6 Å². The lowest BCUT2D eigenvalue weighted by molar-refractivity contribution is -0.137. The van der Waals surface area contributed by atoms with Gasteiger partial charge in [0.25, 0.3) is 11.8 Å². The molecule has 2 saturated carbocycles. The van der Waals surface area contributed by atoms with E-state index >= 15 is 0 Å². The summed E-state index contributed by atoms with van der Waals surface area (Å²) in [4.78, 5) is 84.4. The summed E-state index contributed by atoms with van der Waals surface area (Å²) in [5.41, 5.74) is 4.32. The molecule has 2 atom stereocenters. The van der Waals surface area contributed by atoms with Crippen LogP contribution < -0.4 is 35.8 Å². The molecule has 5 amide bonds. The van der Waals surface area contributed by atoms with Crippen molar-refractivity contribution in [2.24, 2.45) is 0 Å². The molecular weight excluding hydrogens is 815 g/mol. The normalized spacial score (nSPS) is 24.4. The van der Waals surface area contributed by atoms with Crippen molar-refractivity contribution < 1.29 is 28.7 Å². The molecule has 64 heavy (non-hydrogen) atoms. The average molecular weight is 876 g/mol. The number of hydrogen-bond acceptors (Lipinski definition) is 13. The van der Waals surface area contributed by atoms with Crippen LogP contribution in [0.2, 0.25) is 0 Å². The molecule has 2 saturated heterocycles. The Morgan fingerprint density at radius 3 is 2.44 bits per heavy atom. The van der Waals surface area contributed by atoms with E-state index in [0.717, 1.165) is 108 Å². The number of aromatic nitrogens is 2. The first-order chi connectivity index (χ1) is 31.1. The first-order valence-corrected chi connectivity index (χ1v) is 23.3. The van der Waals surface area contributed by atoms with Crippen LogP contribution in [0.4, 0.5) is 28.8 Å². The van der Waals surface area contributed by atoms with Gasteiger partial charge >= 0.3 is 0 Å². The summed E-state index contributed by atoms with van der Waals surface area (Å²) < 4.78 is 5.75. The zero-order valence-electron chi connectivity index (χ0n) is 37.2. The Morgan fingerprint density at radius 2 is 1.70 bits per heavy atom. The second kappa shape index (κ2) is 18.7. The second-order valence-corrected chi connectivity index (χ2v) is 18.1. The first kappa shape index (κ1) is 43.4. The number of methoxy groups -OCH3 is 1. The van der Waals surface area contributed by atoms with Gasteiger partial charge in [-0.2, -0.15) is 4.98 Å².